The molecule has 0 bridgehead atoms. The van der Waals surface area contributed by atoms with E-state index in [1.807, 2.05) is 24.3 Å². The van der Waals surface area contributed by atoms with Crippen LogP contribution in [0.25, 0.3) is 11.1 Å². The summed E-state index contributed by atoms with van der Waals surface area (Å²) >= 11 is 3.42. The Morgan fingerprint density at radius 2 is 1.86 bits per heavy atom. The van der Waals surface area contributed by atoms with E-state index in [2.05, 4.69) is 41.4 Å². The second-order valence-electron chi connectivity index (χ2n) is 7.97. The molecule has 0 atom stereocenters. The Kier molecular flexibility index (Phi) is 7.22. The summed E-state index contributed by atoms with van der Waals surface area (Å²) in [5.41, 5.74) is 2.45. The normalized spacial score (nSPS) is 14.1. The number of morpholine rings is 1. The number of carbonyl (C=O) groups excluding carboxylic acids is 1. The first kappa shape index (κ1) is 23.3. The topological polar surface area (TPSA) is 102 Å². The quantitative estimate of drug-likeness (QED) is 0.336. The van der Waals surface area contributed by atoms with Gasteiger partial charge in [-0.25, -0.2) is 0 Å². The number of ether oxygens (including phenoxy) is 2. The number of nitrogens with one attached hydrogen (secondary N) is 2. The standard InChI is InChI=1S/C25H24BrN5O4/c26-17-1-3-18(4-2-17)29-25-30-21-15-19(5-6-23(21)35-25)34-20-7-8-27-22(16-20)24(32)28-9-10-31-11-13-33-14-12-31/h1-8,15-16H,9-14H2,(H,28,32)(H,29,30). The van der Waals surface area contributed by atoms with Gasteiger partial charge in [-0.3, -0.25) is 14.7 Å². The molecule has 1 fully saturated rings. The molecule has 1 aliphatic heterocycles. The van der Waals surface area contributed by atoms with Crippen LogP contribution >= 0.6 is 15.9 Å². The molecule has 1 amide bonds. The molecule has 2 N–H and O–H groups in total. The molecular weight excluding hydrogens is 514 g/mol. The molecule has 0 unspecified atom stereocenters. The van der Waals surface area contributed by atoms with E-state index in [9.17, 15) is 4.79 Å². The third kappa shape index (κ3) is 6.16. The highest BCUT2D eigenvalue weighted by molar-refractivity contribution is 9.10. The summed E-state index contributed by atoms with van der Waals surface area (Å²) < 4.78 is 18.1. The summed E-state index contributed by atoms with van der Waals surface area (Å²) in [5.74, 6) is 0.847. The predicted molar refractivity (Wildman–Crippen MR) is 135 cm³/mol. The lowest BCUT2D eigenvalue weighted by atomic mass is 10.3. The Bertz CT molecular complexity index is 1300. The molecule has 4 aromatic rings. The molecule has 0 saturated carbocycles. The van der Waals surface area contributed by atoms with Gasteiger partial charge < -0.3 is 24.5 Å². The number of fused-ring (bicyclic) bond motifs is 1. The molecule has 10 heteroatoms. The Balaban J connectivity index is 1.21. The summed E-state index contributed by atoms with van der Waals surface area (Å²) in [4.78, 5) is 23.5. The van der Waals surface area contributed by atoms with Gasteiger partial charge in [0.05, 0.1) is 13.2 Å². The molecule has 5 rings (SSSR count). The number of hydrogen-bond donors (Lipinski definition) is 2. The maximum atomic E-state index is 12.5. The fourth-order valence-electron chi connectivity index (χ4n) is 3.66. The number of nitrogens with zero attached hydrogens (tertiary/aromatic N) is 3. The smallest absolute Gasteiger partial charge is 0.300 e. The van der Waals surface area contributed by atoms with Crippen LogP contribution in [0, 0.1) is 0 Å². The highest BCUT2D eigenvalue weighted by Crippen LogP contribution is 2.28. The summed E-state index contributed by atoms with van der Waals surface area (Å²) in [6.07, 6.45) is 1.56. The van der Waals surface area contributed by atoms with Crippen LogP contribution in [0.1, 0.15) is 10.5 Å². The van der Waals surface area contributed by atoms with Crippen LogP contribution in [0.2, 0.25) is 0 Å². The third-order valence-corrected chi connectivity index (χ3v) is 6.00. The maximum absolute atomic E-state index is 12.5. The number of benzene rings is 2. The molecule has 35 heavy (non-hydrogen) atoms. The molecule has 1 aliphatic rings. The average Bonchev–Trinajstić information content (AvgIpc) is 3.28. The van der Waals surface area contributed by atoms with E-state index in [0.29, 0.717) is 40.9 Å². The number of aromatic nitrogens is 2. The van der Waals surface area contributed by atoms with Gasteiger partial charge in [0.25, 0.3) is 11.9 Å². The largest absolute Gasteiger partial charge is 0.457 e. The molecule has 1 saturated heterocycles. The van der Waals surface area contributed by atoms with Crippen molar-refractivity contribution in [3.8, 4) is 11.5 Å². The van der Waals surface area contributed by atoms with Crippen molar-refractivity contribution in [2.45, 2.75) is 0 Å². The van der Waals surface area contributed by atoms with Crippen molar-refractivity contribution in [3.05, 3.63) is 71.0 Å². The van der Waals surface area contributed by atoms with Gasteiger partial charge in [0.1, 0.15) is 22.7 Å². The number of hydrogen-bond acceptors (Lipinski definition) is 8. The monoisotopic (exact) mass is 537 g/mol. The van der Waals surface area contributed by atoms with Crippen LogP contribution in [0.3, 0.4) is 0 Å². The van der Waals surface area contributed by atoms with Crippen LogP contribution in [0.4, 0.5) is 11.7 Å². The minimum atomic E-state index is -0.237. The third-order valence-electron chi connectivity index (χ3n) is 5.47. The minimum absolute atomic E-state index is 0.237. The van der Waals surface area contributed by atoms with Crippen LogP contribution in [0.15, 0.2) is 69.7 Å². The first-order chi connectivity index (χ1) is 17.1. The zero-order chi connectivity index (χ0) is 24.0. The summed E-state index contributed by atoms with van der Waals surface area (Å²) in [6.45, 7) is 4.56. The van der Waals surface area contributed by atoms with Gasteiger partial charge in [-0.05, 0) is 42.5 Å². The van der Waals surface area contributed by atoms with Gasteiger partial charge in [0.2, 0.25) is 0 Å². The van der Waals surface area contributed by atoms with E-state index in [1.165, 1.54) is 0 Å². The first-order valence-corrected chi connectivity index (χ1v) is 12.1. The highest BCUT2D eigenvalue weighted by Gasteiger charge is 2.13. The second-order valence-corrected chi connectivity index (χ2v) is 8.88. The fraction of sp³-hybridized carbons (Fsp3) is 0.240. The van der Waals surface area contributed by atoms with Crippen molar-refractivity contribution in [2.24, 2.45) is 0 Å². The molecule has 0 spiro atoms. The number of rotatable bonds is 8. The maximum Gasteiger partial charge on any atom is 0.300 e. The number of amides is 1. The van der Waals surface area contributed by atoms with Gasteiger partial charge >= 0.3 is 0 Å². The predicted octanol–water partition coefficient (Wildman–Crippen LogP) is 4.58. The van der Waals surface area contributed by atoms with E-state index >= 15 is 0 Å². The van der Waals surface area contributed by atoms with E-state index in [-0.39, 0.29) is 5.91 Å². The van der Waals surface area contributed by atoms with Crippen molar-refractivity contribution < 1.29 is 18.7 Å². The number of halogens is 1. The second kappa shape index (κ2) is 10.9. The fourth-order valence-corrected chi connectivity index (χ4v) is 3.92. The van der Waals surface area contributed by atoms with Gasteiger partial charge in [0.15, 0.2) is 5.58 Å². The molecule has 180 valence electrons. The van der Waals surface area contributed by atoms with Crippen molar-refractivity contribution in [1.29, 1.82) is 0 Å². The Hall–Kier alpha value is -3.47. The molecule has 0 radical (unpaired) electrons. The van der Waals surface area contributed by atoms with Crippen molar-refractivity contribution in [3.63, 3.8) is 0 Å². The van der Waals surface area contributed by atoms with Crippen LogP contribution in [-0.2, 0) is 4.74 Å². The van der Waals surface area contributed by atoms with Gasteiger partial charge in [-0.2, -0.15) is 4.98 Å². The lowest BCUT2D eigenvalue weighted by Gasteiger charge is -2.26. The number of oxazole rings is 1. The molecule has 9 nitrogen and oxygen atoms in total. The number of carbonyl (C=O) groups is 1. The SMILES string of the molecule is O=C(NCCN1CCOCC1)c1cc(Oc2ccc3oc(Nc4ccc(Br)cc4)nc3c2)ccn1. The minimum Gasteiger partial charge on any atom is -0.457 e. The van der Waals surface area contributed by atoms with Crippen LogP contribution in [0.5, 0.6) is 11.5 Å². The molecule has 2 aromatic carbocycles. The zero-order valence-corrected chi connectivity index (χ0v) is 20.5. The summed E-state index contributed by atoms with van der Waals surface area (Å²) in [7, 11) is 0. The van der Waals surface area contributed by atoms with Crippen LogP contribution in [-0.4, -0.2) is 60.2 Å². The molecule has 3 heterocycles. The Labute approximate surface area is 210 Å². The van der Waals surface area contributed by atoms with Gasteiger partial charge in [-0.15, -0.1) is 0 Å². The van der Waals surface area contributed by atoms with E-state index in [1.54, 1.807) is 36.5 Å². The highest BCUT2D eigenvalue weighted by atomic mass is 79.9. The molecule has 0 aliphatic carbocycles. The van der Waals surface area contributed by atoms with E-state index < -0.39 is 0 Å². The van der Waals surface area contributed by atoms with E-state index in [4.69, 9.17) is 13.9 Å². The Morgan fingerprint density at radius 3 is 2.69 bits per heavy atom. The summed E-state index contributed by atoms with van der Waals surface area (Å²) in [6, 6.07) is 16.8. The lowest BCUT2D eigenvalue weighted by Crippen LogP contribution is -2.41. The van der Waals surface area contributed by atoms with E-state index in [0.717, 1.165) is 43.0 Å². The summed E-state index contributed by atoms with van der Waals surface area (Å²) in [5, 5.41) is 6.06. The number of anilines is 2. The first-order valence-electron chi connectivity index (χ1n) is 11.3. The molecule has 2 aromatic heterocycles. The van der Waals surface area contributed by atoms with Gasteiger partial charge in [0, 0.05) is 54.7 Å². The lowest BCUT2D eigenvalue weighted by molar-refractivity contribution is 0.0383. The number of pyridine rings is 1. The van der Waals surface area contributed by atoms with Crippen molar-refractivity contribution in [2.75, 3.05) is 44.7 Å². The molecular formula is C25H24BrN5O4. The van der Waals surface area contributed by atoms with Crippen molar-refractivity contribution in [1.82, 2.24) is 20.2 Å². The van der Waals surface area contributed by atoms with Crippen molar-refractivity contribution >= 4 is 44.6 Å². The van der Waals surface area contributed by atoms with Crippen LogP contribution < -0.4 is 15.4 Å². The average molecular weight is 538 g/mol. The van der Waals surface area contributed by atoms with Gasteiger partial charge in [-0.1, -0.05) is 15.9 Å². The Morgan fingerprint density at radius 1 is 1.06 bits per heavy atom. The zero-order valence-electron chi connectivity index (χ0n) is 18.9.